The van der Waals surface area contributed by atoms with Gasteiger partial charge in [-0.25, -0.2) is 4.79 Å². The number of hydrogen-bond donors (Lipinski definition) is 4. The number of fused-ring (bicyclic) bond motifs is 1. The number of ether oxygens (including phenoxy) is 1. The molecule has 36 heavy (non-hydrogen) atoms. The van der Waals surface area contributed by atoms with Crippen molar-refractivity contribution in [1.29, 1.82) is 0 Å². The quantitative estimate of drug-likeness (QED) is 0.184. The van der Waals surface area contributed by atoms with Gasteiger partial charge in [0.1, 0.15) is 11.9 Å². The zero-order chi connectivity index (χ0) is 25.5. The van der Waals surface area contributed by atoms with Crippen molar-refractivity contribution < 1.29 is 19.4 Å². The number of amides is 2. The molecule has 0 aliphatic rings. The van der Waals surface area contributed by atoms with E-state index in [1.165, 1.54) is 18.2 Å². The maximum atomic E-state index is 12.9. The number of para-hydroxylation sites is 2. The molecule has 4 rings (SSSR count). The molecule has 0 aliphatic carbocycles. The standard InChI is InChI=1S/C29H27N3O4/c1-19(13-18-27(34)31-26-11-5-4-10-24(26)30)28(21-14-16-22(33)17-15-21)36-29(35)32-25-12-6-8-20-7-2-3-9-23(20)25/h2-19,28,33H,30H2,1H3,(H,31,34)(H,32,35)/b18-13+/t19-,28-/m0/s1. The molecule has 4 aromatic rings. The highest BCUT2D eigenvalue weighted by Crippen LogP contribution is 2.30. The molecule has 0 unspecified atom stereocenters. The van der Waals surface area contributed by atoms with Crippen LogP contribution >= 0.6 is 0 Å². The first-order valence-electron chi connectivity index (χ1n) is 11.5. The summed E-state index contributed by atoms with van der Waals surface area (Å²) in [6.45, 7) is 1.84. The number of carbonyl (C=O) groups is 2. The number of aromatic hydroxyl groups is 1. The Morgan fingerprint density at radius 2 is 1.53 bits per heavy atom. The fourth-order valence-corrected chi connectivity index (χ4v) is 3.86. The summed E-state index contributed by atoms with van der Waals surface area (Å²) in [5.41, 5.74) is 8.17. The number of phenols is 1. The van der Waals surface area contributed by atoms with E-state index in [1.54, 1.807) is 42.5 Å². The summed E-state index contributed by atoms with van der Waals surface area (Å²) in [5.74, 6) is -0.628. The largest absolute Gasteiger partial charge is 0.508 e. The third-order valence-corrected chi connectivity index (χ3v) is 5.73. The summed E-state index contributed by atoms with van der Waals surface area (Å²) in [5, 5.41) is 17.1. The normalized spacial score (nSPS) is 12.7. The predicted molar refractivity (Wildman–Crippen MR) is 143 cm³/mol. The molecule has 0 aromatic heterocycles. The van der Waals surface area contributed by atoms with Crippen LogP contribution in [-0.2, 0) is 9.53 Å². The lowest BCUT2D eigenvalue weighted by Gasteiger charge is -2.23. The van der Waals surface area contributed by atoms with Gasteiger partial charge >= 0.3 is 6.09 Å². The topological polar surface area (TPSA) is 114 Å². The van der Waals surface area contributed by atoms with Crippen molar-refractivity contribution in [3.8, 4) is 5.75 Å². The van der Waals surface area contributed by atoms with E-state index in [0.29, 0.717) is 22.6 Å². The molecule has 0 saturated heterocycles. The van der Waals surface area contributed by atoms with E-state index in [-0.39, 0.29) is 17.6 Å². The van der Waals surface area contributed by atoms with Crippen molar-refractivity contribution in [3.63, 3.8) is 0 Å². The second-order valence-electron chi connectivity index (χ2n) is 8.36. The summed E-state index contributed by atoms with van der Waals surface area (Å²) < 4.78 is 5.83. The van der Waals surface area contributed by atoms with E-state index >= 15 is 0 Å². The molecule has 182 valence electrons. The van der Waals surface area contributed by atoms with Crippen LogP contribution in [0.15, 0.2) is 103 Å². The molecule has 0 bridgehead atoms. The lowest BCUT2D eigenvalue weighted by atomic mass is 9.96. The molecule has 0 saturated carbocycles. The first-order chi connectivity index (χ1) is 17.4. The highest BCUT2D eigenvalue weighted by atomic mass is 16.6. The summed E-state index contributed by atoms with van der Waals surface area (Å²) in [7, 11) is 0. The van der Waals surface area contributed by atoms with Gasteiger partial charge < -0.3 is 20.9 Å². The summed E-state index contributed by atoms with van der Waals surface area (Å²) in [6, 6.07) is 26.7. The van der Waals surface area contributed by atoms with E-state index in [2.05, 4.69) is 10.6 Å². The fourth-order valence-electron chi connectivity index (χ4n) is 3.86. The summed E-state index contributed by atoms with van der Waals surface area (Å²) >= 11 is 0. The maximum Gasteiger partial charge on any atom is 0.412 e. The zero-order valence-corrected chi connectivity index (χ0v) is 19.7. The van der Waals surface area contributed by atoms with Crippen molar-refractivity contribution in [2.75, 3.05) is 16.4 Å². The average molecular weight is 482 g/mol. The molecule has 0 aliphatic heterocycles. The number of nitrogens with two attached hydrogens (primary N) is 1. The molecule has 0 spiro atoms. The third-order valence-electron chi connectivity index (χ3n) is 5.73. The molecule has 7 heteroatoms. The number of benzene rings is 4. The van der Waals surface area contributed by atoms with Crippen LogP contribution in [0.5, 0.6) is 5.75 Å². The van der Waals surface area contributed by atoms with Gasteiger partial charge in [-0.2, -0.15) is 0 Å². The Morgan fingerprint density at radius 1 is 0.861 bits per heavy atom. The SMILES string of the molecule is C[C@@H](/C=C/C(=O)Nc1ccccc1N)[C@H](OC(=O)Nc1cccc2ccccc12)c1ccc(O)cc1. The molecule has 4 aromatic carbocycles. The first kappa shape index (κ1) is 24.3. The minimum atomic E-state index is -0.716. The van der Waals surface area contributed by atoms with Gasteiger partial charge in [-0.05, 0) is 47.4 Å². The van der Waals surface area contributed by atoms with E-state index in [0.717, 1.165) is 10.8 Å². The summed E-state index contributed by atoms with van der Waals surface area (Å²) in [6.07, 6.45) is 1.70. The molecule has 0 heterocycles. The number of hydrogen-bond acceptors (Lipinski definition) is 5. The van der Waals surface area contributed by atoms with Crippen LogP contribution in [0.1, 0.15) is 18.6 Å². The number of anilines is 3. The van der Waals surface area contributed by atoms with Crippen LogP contribution in [0.3, 0.4) is 0 Å². The Kier molecular flexibility index (Phi) is 7.51. The van der Waals surface area contributed by atoms with Crippen LogP contribution in [0.4, 0.5) is 21.9 Å². The van der Waals surface area contributed by atoms with Crippen LogP contribution in [-0.4, -0.2) is 17.1 Å². The Balaban J connectivity index is 1.51. The smallest absolute Gasteiger partial charge is 0.412 e. The highest BCUT2D eigenvalue weighted by Gasteiger charge is 2.23. The minimum Gasteiger partial charge on any atom is -0.508 e. The number of nitrogen functional groups attached to an aromatic ring is 1. The van der Waals surface area contributed by atoms with Gasteiger partial charge in [-0.3, -0.25) is 10.1 Å². The second kappa shape index (κ2) is 11.1. The Hall–Kier alpha value is -4.78. The van der Waals surface area contributed by atoms with Crippen molar-refractivity contribution in [1.82, 2.24) is 0 Å². The zero-order valence-electron chi connectivity index (χ0n) is 19.7. The molecule has 0 radical (unpaired) electrons. The molecule has 2 atom stereocenters. The first-order valence-corrected chi connectivity index (χ1v) is 11.5. The monoisotopic (exact) mass is 481 g/mol. The maximum absolute atomic E-state index is 12.9. The van der Waals surface area contributed by atoms with Crippen LogP contribution in [0.25, 0.3) is 10.8 Å². The lowest BCUT2D eigenvalue weighted by molar-refractivity contribution is -0.111. The van der Waals surface area contributed by atoms with E-state index in [9.17, 15) is 14.7 Å². The molecular formula is C29H27N3O4. The van der Waals surface area contributed by atoms with E-state index in [4.69, 9.17) is 10.5 Å². The number of phenolic OH excluding ortho intramolecular Hbond substituents is 1. The highest BCUT2D eigenvalue weighted by molar-refractivity contribution is 6.01. The van der Waals surface area contributed by atoms with Crippen molar-refractivity contribution in [2.45, 2.75) is 13.0 Å². The fraction of sp³-hybridized carbons (Fsp3) is 0.103. The molecule has 5 N–H and O–H groups in total. The van der Waals surface area contributed by atoms with E-state index in [1.807, 2.05) is 49.4 Å². The van der Waals surface area contributed by atoms with Crippen LogP contribution in [0.2, 0.25) is 0 Å². The Bertz CT molecular complexity index is 1390. The van der Waals surface area contributed by atoms with E-state index < -0.39 is 12.2 Å². The van der Waals surface area contributed by atoms with Gasteiger partial charge in [-0.1, -0.05) is 73.7 Å². The second-order valence-corrected chi connectivity index (χ2v) is 8.36. The molecule has 0 fully saturated rings. The van der Waals surface area contributed by atoms with Crippen LogP contribution in [0, 0.1) is 5.92 Å². The van der Waals surface area contributed by atoms with Crippen molar-refractivity contribution in [3.05, 3.63) is 109 Å². The predicted octanol–water partition coefficient (Wildman–Crippen LogP) is 6.25. The van der Waals surface area contributed by atoms with Crippen LogP contribution < -0.4 is 16.4 Å². The Morgan fingerprint density at radius 3 is 2.31 bits per heavy atom. The van der Waals surface area contributed by atoms with Gasteiger partial charge in [0, 0.05) is 11.3 Å². The van der Waals surface area contributed by atoms with Crippen molar-refractivity contribution in [2.24, 2.45) is 5.92 Å². The molecular weight excluding hydrogens is 454 g/mol. The van der Waals surface area contributed by atoms with Gasteiger partial charge in [-0.15, -0.1) is 0 Å². The third kappa shape index (κ3) is 6.01. The number of rotatable bonds is 7. The Labute approximate surface area is 209 Å². The minimum absolute atomic E-state index is 0.0979. The van der Waals surface area contributed by atoms with Crippen molar-refractivity contribution >= 4 is 39.8 Å². The number of carbonyl (C=O) groups excluding carboxylic acids is 2. The van der Waals surface area contributed by atoms with Gasteiger partial charge in [0.2, 0.25) is 5.91 Å². The van der Waals surface area contributed by atoms with Gasteiger partial charge in [0.25, 0.3) is 0 Å². The number of nitrogens with one attached hydrogen (secondary N) is 2. The van der Waals surface area contributed by atoms with Gasteiger partial charge in [0.05, 0.1) is 17.1 Å². The molecule has 2 amide bonds. The summed E-state index contributed by atoms with van der Waals surface area (Å²) in [4.78, 5) is 25.4. The molecule has 7 nitrogen and oxygen atoms in total. The van der Waals surface area contributed by atoms with Gasteiger partial charge in [0.15, 0.2) is 0 Å². The average Bonchev–Trinajstić information content (AvgIpc) is 2.88. The lowest BCUT2D eigenvalue weighted by Crippen LogP contribution is -2.21.